The Morgan fingerprint density at radius 1 is 1.15 bits per heavy atom. The van der Waals surface area contributed by atoms with E-state index in [1.54, 1.807) is 31.5 Å². The van der Waals surface area contributed by atoms with Crippen LogP contribution >= 0.6 is 0 Å². The summed E-state index contributed by atoms with van der Waals surface area (Å²) < 4.78 is 0. The minimum Gasteiger partial charge on any atom is -0.352 e. The molecule has 6 nitrogen and oxygen atoms in total. The SMILES string of the molecule is CC(=O)NC1CN(C2CCN(C(=O)c3ccncc3)CC2)CC1C(C)C. The molecule has 26 heavy (non-hydrogen) atoms. The fraction of sp³-hybridized carbons (Fsp3) is 0.650. The van der Waals surface area contributed by atoms with Crippen LogP contribution in [-0.2, 0) is 4.79 Å². The summed E-state index contributed by atoms with van der Waals surface area (Å²) >= 11 is 0. The van der Waals surface area contributed by atoms with E-state index in [0.717, 1.165) is 39.0 Å². The standard InChI is InChI=1S/C20H30N4O2/c1-14(2)18-12-24(13-19(18)22-15(3)25)17-6-10-23(11-7-17)20(26)16-4-8-21-9-5-16/h4-5,8-9,14,17-19H,6-7,10-13H2,1-3H3,(H,22,25). The summed E-state index contributed by atoms with van der Waals surface area (Å²) in [7, 11) is 0. The van der Waals surface area contributed by atoms with Crippen LogP contribution in [0.5, 0.6) is 0 Å². The first-order valence-corrected chi connectivity index (χ1v) is 9.66. The second-order valence-electron chi connectivity index (χ2n) is 7.93. The van der Waals surface area contributed by atoms with E-state index in [4.69, 9.17) is 0 Å². The van der Waals surface area contributed by atoms with Crippen LogP contribution in [0, 0.1) is 11.8 Å². The van der Waals surface area contributed by atoms with Gasteiger partial charge in [-0.25, -0.2) is 0 Å². The smallest absolute Gasteiger partial charge is 0.253 e. The molecule has 2 aliphatic rings. The van der Waals surface area contributed by atoms with Gasteiger partial charge >= 0.3 is 0 Å². The second-order valence-corrected chi connectivity index (χ2v) is 7.93. The quantitative estimate of drug-likeness (QED) is 0.891. The number of rotatable bonds is 4. The molecule has 2 aliphatic heterocycles. The topological polar surface area (TPSA) is 65.5 Å². The molecule has 2 unspecified atom stereocenters. The Labute approximate surface area is 156 Å². The number of nitrogens with zero attached hydrogens (tertiary/aromatic N) is 3. The van der Waals surface area contributed by atoms with Gasteiger partial charge in [0.05, 0.1) is 0 Å². The van der Waals surface area contributed by atoms with Crippen molar-refractivity contribution in [3.05, 3.63) is 30.1 Å². The Morgan fingerprint density at radius 3 is 2.38 bits per heavy atom. The lowest BCUT2D eigenvalue weighted by molar-refractivity contribution is -0.119. The van der Waals surface area contributed by atoms with Gasteiger partial charge in [0.1, 0.15) is 0 Å². The summed E-state index contributed by atoms with van der Waals surface area (Å²) in [6, 6.07) is 4.29. The molecule has 0 aliphatic carbocycles. The van der Waals surface area contributed by atoms with Crippen molar-refractivity contribution in [3.8, 4) is 0 Å². The minimum atomic E-state index is 0.0558. The predicted molar refractivity (Wildman–Crippen MR) is 101 cm³/mol. The fourth-order valence-corrected chi connectivity index (χ4v) is 4.36. The largest absolute Gasteiger partial charge is 0.352 e. The number of likely N-dealkylation sites (tertiary alicyclic amines) is 2. The molecule has 3 heterocycles. The summed E-state index contributed by atoms with van der Waals surface area (Å²) in [4.78, 5) is 32.6. The molecular weight excluding hydrogens is 328 g/mol. The molecule has 2 amide bonds. The van der Waals surface area contributed by atoms with Crippen LogP contribution in [0.25, 0.3) is 0 Å². The van der Waals surface area contributed by atoms with Crippen molar-refractivity contribution in [1.29, 1.82) is 0 Å². The highest BCUT2D eigenvalue weighted by atomic mass is 16.2. The van der Waals surface area contributed by atoms with Gasteiger partial charge in [-0.05, 0) is 36.8 Å². The maximum absolute atomic E-state index is 12.6. The Bertz CT molecular complexity index is 626. The van der Waals surface area contributed by atoms with Gasteiger partial charge in [-0.15, -0.1) is 0 Å². The summed E-state index contributed by atoms with van der Waals surface area (Å²) in [6.07, 6.45) is 5.32. The first-order valence-electron chi connectivity index (χ1n) is 9.66. The minimum absolute atomic E-state index is 0.0558. The molecule has 0 radical (unpaired) electrons. The third kappa shape index (κ3) is 4.23. The van der Waals surface area contributed by atoms with Crippen molar-refractivity contribution in [2.24, 2.45) is 11.8 Å². The van der Waals surface area contributed by atoms with E-state index in [-0.39, 0.29) is 17.9 Å². The number of carbonyl (C=O) groups excluding carboxylic acids is 2. The molecule has 1 aromatic rings. The summed E-state index contributed by atoms with van der Waals surface area (Å²) in [6.45, 7) is 9.61. The van der Waals surface area contributed by atoms with Gasteiger partial charge in [-0.2, -0.15) is 0 Å². The third-order valence-electron chi connectivity index (χ3n) is 5.83. The number of pyridine rings is 1. The zero-order valence-corrected chi connectivity index (χ0v) is 16.0. The van der Waals surface area contributed by atoms with E-state index < -0.39 is 0 Å². The first kappa shape index (κ1) is 18.8. The number of amides is 2. The lowest BCUT2D eigenvalue weighted by Crippen LogP contribution is -2.47. The molecule has 6 heteroatoms. The highest BCUT2D eigenvalue weighted by Crippen LogP contribution is 2.29. The molecular formula is C20H30N4O2. The van der Waals surface area contributed by atoms with Crippen LogP contribution in [0.4, 0.5) is 0 Å². The van der Waals surface area contributed by atoms with Crippen molar-refractivity contribution in [2.75, 3.05) is 26.2 Å². The first-order chi connectivity index (χ1) is 12.5. The van der Waals surface area contributed by atoms with Gasteiger partial charge in [0, 0.05) is 63.1 Å². The van der Waals surface area contributed by atoms with Crippen molar-refractivity contribution in [2.45, 2.75) is 45.7 Å². The van der Waals surface area contributed by atoms with E-state index in [0.29, 0.717) is 23.4 Å². The van der Waals surface area contributed by atoms with Gasteiger partial charge in [0.25, 0.3) is 5.91 Å². The van der Waals surface area contributed by atoms with Crippen molar-refractivity contribution in [1.82, 2.24) is 20.1 Å². The van der Waals surface area contributed by atoms with Crippen LogP contribution in [-0.4, -0.2) is 64.9 Å². The normalized spacial score (nSPS) is 24.8. The average Bonchev–Trinajstić information content (AvgIpc) is 3.05. The number of carbonyl (C=O) groups is 2. The van der Waals surface area contributed by atoms with Gasteiger partial charge in [0.15, 0.2) is 0 Å². The maximum atomic E-state index is 12.6. The van der Waals surface area contributed by atoms with Crippen molar-refractivity contribution < 1.29 is 9.59 Å². The molecule has 0 bridgehead atoms. The Kier molecular flexibility index (Phi) is 5.91. The molecule has 2 atom stereocenters. The van der Waals surface area contributed by atoms with E-state index >= 15 is 0 Å². The average molecular weight is 358 g/mol. The van der Waals surface area contributed by atoms with Gasteiger partial charge in [-0.3, -0.25) is 19.5 Å². The summed E-state index contributed by atoms with van der Waals surface area (Å²) in [5.74, 6) is 1.20. The van der Waals surface area contributed by atoms with Crippen LogP contribution in [0.15, 0.2) is 24.5 Å². The van der Waals surface area contributed by atoms with Crippen LogP contribution < -0.4 is 5.32 Å². The Balaban J connectivity index is 1.56. The zero-order valence-electron chi connectivity index (χ0n) is 16.0. The lowest BCUT2D eigenvalue weighted by atomic mass is 9.91. The van der Waals surface area contributed by atoms with E-state index in [1.807, 2.05) is 4.90 Å². The zero-order chi connectivity index (χ0) is 18.7. The van der Waals surface area contributed by atoms with Crippen molar-refractivity contribution in [3.63, 3.8) is 0 Å². The Morgan fingerprint density at radius 2 is 1.81 bits per heavy atom. The number of aromatic nitrogens is 1. The van der Waals surface area contributed by atoms with Crippen LogP contribution in [0.3, 0.4) is 0 Å². The third-order valence-corrected chi connectivity index (χ3v) is 5.83. The van der Waals surface area contributed by atoms with Crippen molar-refractivity contribution >= 4 is 11.8 Å². The Hall–Kier alpha value is -1.95. The van der Waals surface area contributed by atoms with Crippen LogP contribution in [0.2, 0.25) is 0 Å². The molecule has 2 saturated heterocycles. The molecule has 3 rings (SSSR count). The summed E-state index contributed by atoms with van der Waals surface area (Å²) in [5, 5.41) is 3.14. The van der Waals surface area contributed by atoms with Crippen LogP contribution in [0.1, 0.15) is 44.0 Å². The fourth-order valence-electron chi connectivity index (χ4n) is 4.36. The predicted octanol–water partition coefficient (Wildman–Crippen LogP) is 1.78. The molecule has 142 valence electrons. The highest BCUT2D eigenvalue weighted by Gasteiger charge is 2.39. The van der Waals surface area contributed by atoms with E-state index in [1.165, 1.54) is 0 Å². The molecule has 2 fully saturated rings. The number of piperidine rings is 1. The monoisotopic (exact) mass is 358 g/mol. The molecule has 0 aromatic carbocycles. The number of hydrogen-bond acceptors (Lipinski definition) is 4. The molecule has 1 N–H and O–H groups in total. The van der Waals surface area contributed by atoms with E-state index in [2.05, 4.69) is 29.0 Å². The lowest BCUT2D eigenvalue weighted by Gasteiger charge is -2.37. The number of nitrogens with one attached hydrogen (secondary N) is 1. The second kappa shape index (κ2) is 8.16. The number of hydrogen-bond donors (Lipinski definition) is 1. The van der Waals surface area contributed by atoms with Gasteiger partial charge in [-0.1, -0.05) is 13.8 Å². The highest BCUT2D eigenvalue weighted by molar-refractivity contribution is 5.94. The summed E-state index contributed by atoms with van der Waals surface area (Å²) in [5.41, 5.74) is 0.713. The van der Waals surface area contributed by atoms with Gasteiger partial charge < -0.3 is 10.2 Å². The molecule has 1 aromatic heterocycles. The molecule has 0 saturated carbocycles. The maximum Gasteiger partial charge on any atom is 0.253 e. The van der Waals surface area contributed by atoms with E-state index in [9.17, 15) is 9.59 Å². The molecule has 0 spiro atoms. The van der Waals surface area contributed by atoms with Gasteiger partial charge in [0.2, 0.25) is 5.91 Å².